The lowest BCUT2D eigenvalue weighted by atomic mass is 9.88. The second kappa shape index (κ2) is 4.90. The minimum Gasteiger partial charge on any atom is -0.418 e. The van der Waals surface area contributed by atoms with E-state index in [9.17, 15) is 4.79 Å². The predicted molar refractivity (Wildman–Crippen MR) is 80.4 cm³/mol. The fourth-order valence-electron chi connectivity index (χ4n) is 2.93. The van der Waals surface area contributed by atoms with E-state index in [0.29, 0.717) is 6.42 Å². The minimum absolute atomic E-state index is 0.0802. The highest BCUT2D eigenvalue weighted by molar-refractivity contribution is 6.31. The second-order valence-electron chi connectivity index (χ2n) is 8.25. The molecule has 0 bridgehead atoms. The maximum absolute atomic E-state index is 12.2. The third-order valence-corrected chi connectivity index (χ3v) is 5.79. The highest BCUT2D eigenvalue weighted by Crippen LogP contribution is 2.45. The van der Waals surface area contributed by atoms with E-state index >= 15 is 0 Å². The second-order valence-corrected chi connectivity index (χ2v) is 10.9. The van der Waals surface area contributed by atoms with Gasteiger partial charge in [0.2, 0.25) is 0 Å². The van der Waals surface area contributed by atoms with Crippen LogP contribution in [0.25, 0.3) is 0 Å². The summed E-state index contributed by atoms with van der Waals surface area (Å²) in [5.41, 5.74) is -0.335. The normalized spacial score (nSPS) is 34.1. The molecule has 0 aromatic rings. The van der Waals surface area contributed by atoms with Crippen molar-refractivity contribution in [3.8, 4) is 0 Å². The number of ether oxygens (including phenoxy) is 2. The highest BCUT2D eigenvalue weighted by Gasteiger charge is 2.57. The standard InChI is InChI=1S/C15H28O4Si/c1-13(2,3)20-19-14(4,5)9-8-10(16)12-11(9)17-15(6,7)18-12/h9,11-12H,8,20H2,1-7H3/t9-,11-,12-/m1/s1. The Morgan fingerprint density at radius 1 is 1.20 bits per heavy atom. The molecule has 4 nitrogen and oxygen atoms in total. The zero-order valence-electron chi connectivity index (χ0n) is 13.8. The lowest BCUT2D eigenvalue weighted by molar-refractivity contribution is -0.169. The Morgan fingerprint density at radius 2 is 1.80 bits per heavy atom. The van der Waals surface area contributed by atoms with Crippen molar-refractivity contribution in [3.63, 3.8) is 0 Å². The molecule has 1 heterocycles. The molecule has 2 rings (SSSR count). The lowest BCUT2D eigenvalue weighted by Gasteiger charge is -2.37. The summed E-state index contributed by atoms with van der Waals surface area (Å²) in [5, 5.41) is 0.242. The molecule has 0 unspecified atom stereocenters. The van der Waals surface area contributed by atoms with Gasteiger partial charge in [-0.2, -0.15) is 0 Å². The fourth-order valence-corrected chi connectivity index (χ4v) is 3.95. The van der Waals surface area contributed by atoms with Gasteiger partial charge in [-0.3, -0.25) is 4.79 Å². The van der Waals surface area contributed by atoms with Gasteiger partial charge in [-0.1, -0.05) is 20.8 Å². The molecule has 2 aliphatic rings. The van der Waals surface area contributed by atoms with E-state index < -0.39 is 21.7 Å². The van der Waals surface area contributed by atoms with Crippen LogP contribution in [0.5, 0.6) is 0 Å². The van der Waals surface area contributed by atoms with E-state index in [1.54, 1.807) is 0 Å². The molecule has 0 N–H and O–H groups in total. The maximum atomic E-state index is 12.2. The van der Waals surface area contributed by atoms with Gasteiger partial charge in [0.15, 0.2) is 21.3 Å². The Morgan fingerprint density at radius 3 is 2.35 bits per heavy atom. The monoisotopic (exact) mass is 300 g/mol. The summed E-state index contributed by atoms with van der Waals surface area (Å²) < 4.78 is 18.0. The quantitative estimate of drug-likeness (QED) is 0.750. The first-order valence-corrected chi connectivity index (χ1v) is 8.72. The summed E-state index contributed by atoms with van der Waals surface area (Å²) in [6.07, 6.45) is -0.0765. The Hall–Kier alpha value is -0.233. The zero-order chi connectivity index (χ0) is 15.3. The van der Waals surface area contributed by atoms with Crippen LogP contribution in [0.2, 0.25) is 5.04 Å². The first-order chi connectivity index (χ1) is 8.91. The highest BCUT2D eigenvalue weighted by atomic mass is 28.2. The number of carbonyl (C=O) groups excluding carboxylic acids is 1. The number of hydrogen-bond acceptors (Lipinski definition) is 4. The Labute approximate surface area is 124 Å². The summed E-state index contributed by atoms with van der Waals surface area (Å²) in [4.78, 5) is 12.2. The van der Waals surface area contributed by atoms with Crippen molar-refractivity contribution in [2.45, 2.75) is 83.5 Å². The molecule has 116 valence electrons. The van der Waals surface area contributed by atoms with Crippen molar-refractivity contribution in [3.05, 3.63) is 0 Å². The number of Topliss-reactive ketones (excluding diaryl/α,β-unsaturated/α-hetero) is 1. The summed E-state index contributed by atoms with van der Waals surface area (Å²) in [6, 6.07) is 0. The molecule has 5 heteroatoms. The molecule has 0 aromatic carbocycles. The van der Waals surface area contributed by atoms with Crippen molar-refractivity contribution >= 4 is 15.5 Å². The third-order valence-electron chi connectivity index (χ3n) is 4.03. The maximum Gasteiger partial charge on any atom is 0.167 e. The first kappa shape index (κ1) is 16.1. The molecular formula is C15H28O4Si. The first-order valence-electron chi connectivity index (χ1n) is 7.44. The third kappa shape index (κ3) is 3.32. The number of fused-ring (bicyclic) bond motifs is 1. The van der Waals surface area contributed by atoms with Crippen molar-refractivity contribution in [2.75, 3.05) is 0 Å². The fraction of sp³-hybridized carbons (Fsp3) is 0.933. The van der Waals surface area contributed by atoms with Gasteiger partial charge in [0.1, 0.15) is 12.2 Å². The average molecular weight is 300 g/mol. The van der Waals surface area contributed by atoms with E-state index in [1.807, 2.05) is 13.8 Å². The molecule has 1 aliphatic carbocycles. The number of hydrogen-bond donors (Lipinski definition) is 0. The Balaban J connectivity index is 2.10. The molecule has 1 saturated heterocycles. The molecule has 3 atom stereocenters. The summed E-state index contributed by atoms with van der Waals surface area (Å²) in [6.45, 7) is 14.5. The van der Waals surface area contributed by atoms with Crippen molar-refractivity contribution in [2.24, 2.45) is 5.92 Å². The Kier molecular flexibility index (Phi) is 3.96. The summed E-state index contributed by atoms with van der Waals surface area (Å²) >= 11 is 0. The van der Waals surface area contributed by atoms with Crippen LogP contribution in [0, 0.1) is 5.92 Å². The molecule has 0 amide bonds. The SMILES string of the molecule is CC1(C)O[C@H]2[C@H](O1)C(=O)C[C@H]2C(C)(C)O[SiH2]C(C)(C)C. The predicted octanol–water partition coefficient (Wildman–Crippen LogP) is 2.19. The minimum atomic E-state index is -0.667. The van der Waals surface area contributed by atoms with Crippen LogP contribution >= 0.6 is 0 Å². The average Bonchev–Trinajstić information content (AvgIpc) is 2.71. The lowest BCUT2D eigenvalue weighted by Crippen LogP contribution is -2.43. The van der Waals surface area contributed by atoms with Gasteiger partial charge in [-0.25, -0.2) is 0 Å². The van der Waals surface area contributed by atoms with Gasteiger partial charge in [0.25, 0.3) is 0 Å². The molecule has 1 aliphatic heterocycles. The number of carbonyl (C=O) groups is 1. The molecular weight excluding hydrogens is 272 g/mol. The van der Waals surface area contributed by atoms with Gasteiger partial charge < -0.3 is 13.9 Å². The van der Waals surface area contributed by atoms with Crippen LogP contribution in [-0.2, 0) is 18.7 Å². The molecule has 1 saturated carbocycles. The summed E-state index contributed by atoms with van der Waals surface area (Å²) in [7, 11) is -0.667. The van der Waals surface area contributed by atoms with Gasteiger partial charge >= 0.3 is 0 Å². The largest absolute Gasteiger partial charge is 0.418 e. The Bertz CT molecular complexity index is 397. The molecule has 0 radical (unpaired) electrons. The molecule has 2 fully saturated rings. The topological polar surface area (TPSA) is 44.8 Å². The van der Waals surface area contributed by atoms with E-state index in [0.717, 1.165) is 0 Å². The van der Waals surface area contributed by atoms with Crippen LogP contribution < -0.4 is 0 Å². The smallest absolute Gasteiger partial charge is 0.167 e. The number of rotatable bonds is 3. The van der Waals surface area contributed by atoms with Crippen LogP contribution in [0.15, 0.2) is 0 Å². The van der Waals surface area contributed by atoms with Gasteiger partial charge in [0, 0.05) is 12.3 Å². The van der Waals surface area contributed by atoms with Gasteiger partial charge in [0.05, 0.1) is 5.60 Å². The molecule has 20 heavy (non-hydrogen) atoms. The van der Waals surface area contributed by atoms with Crippen molar-refractivity contribution in [1.29, 1.82) is 0 Å². The van der Waals surface area contributed by atoms with Crippen LogP contribution in [-0.4, -0.2) is 39.1 Å². The number of ketones is 1. The van der Waals surface area contributed by atoms with E-state index in [-0.39, 0.29) is 28.4 Å². The zero-order valence-corrected chi connectivity index (χ0v) is 15.2. The van der Waals surface area contributed by atoms with Gasteiger partial charge in [-0.15, -0.1) is 0 Å². The summed E-state index contributed by atoms with van der Waals surface area (Å²) in [5.74, 6) is -0.433. The van der Waals surface area contributed by atoms with Crippen LogP contribution in [0.1, 0.15) is 54.9 Å². The van der Waals surface area contributed by atoms with Crippen LogP contribution in [0.3, 0.4) is 0 Å². The molecule has 0 spiro atoms. The van der Waals surface area contributed by atoms with Crippen molar-refractivity contribution < 1.29 is 18.7 Å². The van der Waals surface area contributed by atoms with E-state index in [1.165, 1.54) is 0 Å². The van der Waals surface area contributed by atoms with Crippen LogP contribution in [0.4, 0.5) is 0 Å². The van der Waals surface area contributed by atoms with Crippen molar-refractivity contribution in [1.82, 2.24) is 0 Å². The van der Waals surface area contributed by atoms with Gasteiger partial charge in [-0.05, 0) is 32.7 Å². The van der Waals surface area contributed by atoms with E-state index in [2.05, 4.69) is 34.6 Å². The van der Waals surface area contributed by atoms with E-state index in [4.69, 9.17) is 13.9 Å². The molecule has 0 aromatic heterocycles.